The third-order valence-electron chi connectivity index (χ3n) is 16.6. The van der Waals surface area contributed by atoms with Crippen molar-refractivity contribution in [1.29, 1.82) is 0 Å². The highest BCUT2D eigenvalue weighted by Gasteiger charge is 2.64. The van der Waals surface area contributed by atoms with Crippen molar-refractivity contribution in [3.8, 4) is 0 Å². The number of hydrogen-bond donors (Lipinski definition) is 3. The van der Waals surface area contributed by atoms with Crippen molar-refractivity contribution in [3.63, 3.8) is 0 Å². The van der Waals surface area contributed by atoms with Gasteiger partial charge in [0.2, 0.25) is 5.91 Å². The second-order valence-corrected chi connectivity index (χ2v) is 19.3. The second kappa shape index (κ2) is 12.9. The van der Waals surface area contributed by atoms with E-state index in [9.17, 15) is 24.3 Å². The predicted octanol–water partition coefficient (Wildman–Crippen LogP) is 7.62. The van der Waals surface area contributed by atoms with E-state index in [0.717, 1.165) is 31.3 Å². The molecule has 0 saturated heterocycles. The van der Waals surface area contributed by atoms with E-state index in [0.29, 0.717) is 72.9 Å². The van der Waals surface area contributed by atoms with Crippen molar-refractivity contribution in [2.24, 2.45) is 75.4 Å². The number of nitrogens with one attached hydrogen (secondary N) is 2. The SMILES string of the molecule is CNC(C)(C)C(=O)NCCC12CCC3C(CCC4C3(C)CCC3C(C)C(CC(=O)C5CC(C(=O)O)C5C)CCC34C)C1=C(C(C)C)C(=O)C2. The van der Waals surface area contributed by atoms with E-state index in [2.05, 4.69) is 45.3 Å². The summed E-state index contributed by atoms with van der Waals surface area (Å²) in [6.45, 7) is 18.4. The zero-order chi connectivity index (χ0) is 35.8. The first kappa shape index (κ1) is 36.8. The minimum Gasteiger partial charge on any atom is -0.481 e. The van der Waals surface area contributed by atoms with E-state index in [1.807, 2.05) is 27.8 Å². The molecule has 0 radical (unpaired) electrons. The van der Waals surface area contributed by atoms with E-state index >= 15 is 0 Å². The van der Waals surface area contributed by atoms with Crippen LogP contribution in [0.15, 0.2) is 11.1 Å². The number of rotatable bonds is 10. The van der Waals surface area contributed by atoms with Crippen molar-refractivity contribution in [1.82, 2.24) is 10.6 Å². The van der Waals surface area contributed by atoms with Crippen LogP contribution in [0.4, 0.5) is 0 Å². The smallest absolute Gasteiger partial charge is 0.306 e. The molecule has 0 aromatic heterocycles. The number of amides is 1. The number of ketones is 2. The van der Waals surface area contributed by atoms with Gasteiger partial charge in [0, 0.05) is 30.7 Å². The van der Waals surface area contributed by atoms with Crippen LogP contribution in [0.2, 0.25) is 0 Å². The summed E-state index contributed by atoms with van der Waals surface area (Å²) in [4.78, 5) is 51.7. The summed E-state index contributed by atoms with van der Waals surface area (Å²) in [6.07, 6.45) is 11.9. The summed E-state index contributed by atoms with van der Waals surface area (Å²) in [5.41, 5.74) is 2.35. The van der Waals surface area contributed by atoms with Crippen LogP contribution in [0.5, 0.6) is 0 Å². The molecule has 0 spiro atoms. The van der Waals surface area contributed by atoms with Crippen LogP contribution in [0.25, 0.3) is 0 Å². The molecule has 12 atom stereocenters. The third-order valence-corrected chi connectivity index (χ3v) is 16.6. The third kappa shape index (κ3) is 5.79. The zero-order valence-electron chi connectivity index (χ0n) is 32.0. The van der Waals surface area contributed by atoms with Crippen LogP contribution in [-0.2, 0) is 19.2 Å². The Morgan fingerprint density at radius 2 is 1.57 bits per heavy atom. The average molecular weight is 679 g/mol. The lowest BCUT2D eigenvalue weighted by molar-refractivity contribution is -0.172. The Hall–Kier alpha value is -2.02. The van der Waals surface area contributed by atoms with E-state index < -0.39 is 11.5 Å². The van der Waals surface area contributed by atoms with Crippen LogP contribution in [0.1, 0.15) is 132 Å². The molecular weight excluding hydrogens is 612 g/mol. The Kier molecular flexibility index (Phi) is 9.66. The van der Waals surface area contributed by atoms with Gasteiger partial charge in [-0.25, -0.2) is 0 Å². The molecule has 7 nitrogen and oxygen atoms in total. The molecule has 12 unspecified atom stereocenters. The molecule has 5 fully saturated rings. The highest BCUT2D eigenvalue weighted by atomic mass is 16.4. The molecule has 1 amide bonds. The first-order valence-corrected chi connectivity index (χ1v) is 19.9. The standard InChI is InChI=1S/C42H66N2O5/c1-23(2)35-33(46)22-42(18-19-44-38(49)39(5,6)43-9)17-14-31-27(36(35)42)10-11-34-40(7)15-12-26(24(3)30(40)13-16-41(31,34)8)20-32(45)28-21-29(25(28)4)37(47)48/h23-31,34,43H,10-22H2,1-9H3,(H,44,49)(H,47,48). The lowest BCUT2D eigenvalue weighted by Crippen LogP contribution is -2.60. The van der Waals surface area contributed by atoms with Crippen LogP contribution < -0.4 is 10.6 Å². The first-order chi connectivity index (χ1) is 22.9. The molecule has 0 heterocycles. The highest BCUT2D eigenvalue weighted by Crippen LogP contribution is 2.72. The highest BCUT2D eigenvalue weighted by molar-refractivity contribution is 6.00. The van der Waals surface area contributed by atoms with Crippen molar-refractivity contribution in [3.05, 3.63) is 11.1 Å². The molecule has 6 rings (SSSR count). The number of likely N-dealkylation sites (N-methyl/N-ethyl adjacent to an activating group) is 1. The summed E-state index contributed by atoms with van der Waals surface area (Å²) in [6, 6.07) is 0. The van der Waals surface area contributed by atoms with Crippen LogP contribution >= 0.6 is 0 Å². The maximum atomic E-state index is 13.8. The fraction of sp³-hybridized carbons (Fsp3) is 0.857. The molecular formula is C42H66N2O5. The van der Waals surface area contributed by atoms with Gasteiger partial charge in [-0.05, 0) is 149 Å². The van der Waals surface area contributed by atoms with Crippen LogP contribution in [0.3, 0.4) is 0 Å². The quantitative estimate of drug-likeness (QED) is 0.219. The number of carboxylic acid groups (broad SMARTS) is 1. The summed E-state index contributed by atoms with van der Waals surface area (Å²) in [5.74, 6) is 2.87. The Morgan fingerprint density at radius 1 is 0.918 bits per heavy atom. The molecule has 0 aliphatic heterocycles. The van der Waals surface area contributed by atoms with E-state index in [1.54, 1.807) is 0 Å². The van der Waals surface area contributed by atoms with Gasteiger partial charge in [0.1, 0.15) is 5.78 Å². The Labute approximate surface area is 296 Å². The minimum atomic E-state index is -0.754. The fourth-order valence-electron chi connectivity index (χ4n) is 13.4. The number of Topliss-reactive ketones (excluding diaryl/α,β-unsaturated/α-hetero) is 2. The number of carbonyl (C=O) groups is 4. The van der Waals surface area contributed by atoms with Gasteiger partial charge in [-0.3, -0.25) is 19.2 Å². The van der Waals surface area contributed by atoms with Gasteiger partial charge in [-0.1, -0.05) is 47.1 Å². The van der Waals surface area contributed by atoms with Gasteiger partial charge in [0.15, 0.2) is 5.78 Å². The van der Waals surface area contributed by atoms with E-state index in [-0.39, 0.29) is 45.8 Å². The number of allylic oxidation sites excluding steroid dienone is 2. The molecule has 0 bridgehead atoms. The van der Waals surface area contributed by atoms with Crippen molar-refractivity contribution in [2.75, 3.05) is 13.6 Å². The normalized spacial score (nSPS) is 43.2. The second-order valence-electron chi connectivity index (χ2n) is 19.3. The predicted molar refractivity (Wildman–Crippen MR) is 192 cm³/mol. The first-order valence-electron chi connectivity index (χ1n) is 19.9. The van der Waals surface area contributed by atoms with Crippen molar-refractivity contribution in [2.45, 2.75) is 138 Å². The maximum absolute atomic E-state index is 13.8. The molecule has 274 valence electrons. The Bertz CT molecular complexity index is 1400. The molecule has 7 heteroatoms. The fourth-order valence-corrected chi connectivity index (χ4v) is 13.4. The number of carbonyl (C=O) groups excluding carboxylic acids is 3. The van der Waals surface area contributed by atoms with Gasteiger partial charge >= 0.3 is 5.97 Å². The van der Waals surface area contributed by atoms with E-state index in [1.165, 1.54) is 37.7 Å². The molecule has 0 aromatic rings. The zero-order valence-corrected chi connectivity index (χ0v) is 32.0. The van der Waals surface area contributed by atoms with Gasteiger partial charge < -0.3 is 15.7 Å². The van der Waals surface area contributed by atoms with Gasteiger partial charge in [-0.15, -0.1) is 0 Å². The number of fused-ring (bicyclic) bond motifs is 7. The Morgan fingerprint density at radius 3 is 2.20 bits per heavy atom. The molecule has 49 heavy (non-hydrogen) atoms. The molecule has 6 aliphatic carbocycles. The van der Waals surface area contributed by atoms with Crippen LogP contribution in [-0.4, -0.2) is 47.7 Å². The van der Waals surface area contributed by atoms with Crippen molar-refractivity contribution < 1.29 is 24.3 Å². The summed E-state index contributed by atoms with van der Waals surface area (Å²) >= 11 is 0. The molecule has 5 saturated carbocycles. The maximum Gasteiger partial charge on any atom is 0.306 e. The number of carboxylic acids is 1. The minimum absolute atomic E-state index is 0.00906. The van der Waals surface area contributed by atoms with E-state index in [4.69, 9.17) is 0 Å². The lowest BCUT2D eigenvalue weighted by atomic mass is 9.37. The van der Waals surface area contributed by atoms with Crippen molar-refractivity contribution >= 4 is 23.4 Å². The topological polar surface area (TPSA) is 113 Å². The number of hydrogen-bond acceptors (Lipinski definition) is 5. The van der Waals surface area contributed by atoms with Crippen LogP contribution in [0, 0.1) is 75.4 Å². The summed E-state index contributed by atoms with van der Waals surface area (Å²) < 4.78 is 0. The van der Waals surface area contributed by atoms with Gasteiger partial charge in [0.05, 0.1) is 11.5 Å². The molecule has 6 aliphatic rings. The summed E-state index contributed by atoms with van der Waals surface area (Å²) in [5, 5.41) is 15.8. The molecule has 3 N–H and O–H groups in total. The number of aliphatic carboxylic acids is 1. The summed E-state index contributed by atoms with van der Waals surface area (Å²) in [7, 11) is 1.82. The van der Waals surface area contributed by atoms with Gasteiger partial charge in [-0.2, -0.15) is 0 Å². The average Bonchev–Trinajstić information content (AvgIpc) is 3.33. The largest absolute Gasteiger partial charge is 0.481 e. The monoisotopic (exact) mass is 678 g/mol. The lowest BCUT2D eigenvalue weighted by Gasteiger charge is -2.67. The Balaban J connectivity index is 1.19. The van der Waals surface area contributed by atoms with Gasteiger partial charge in [0.25, 0.3) is 0 Å². The molecule has 0 aromatic carbocycles.